The molecule has 1 atom stereocenters. The van der Waals surface area contributed by atoms with Crippen LogP contribution in [0.15, 0.2) is 17.2 Å². The molecule has 0 aliphatic heterocycles. The molecule has 20 heavy (non-hydrogen) atoms. The summed E-state index contributed by atoms with van der Waals surface area (Å²) in [6, 6.07) is 1.14. The van der Waals surface area contributed by atoms with E-state index in [1.54, 1.807) is 6.92 Å². The molecule has 0 aromatic carbocycles. The molecule has 0 fully saturated rings. The van der Waals surface area contributed by atoms with Crippen LogP contribution < -0.4 is 4.72 Å². The number of nitrogens with zero attached hydrogens (tertiary/aromatic N) is 1. The van der Waals surface area contributed by atoms with Gasteiger partial charge in [0.1, 0.15) is 10.6 Å². The van der Waals surface area contributed by atoms with Crippen molar-refractivity contribution < 1.29 is 23.4 Å². The van der Waals surface area contributed by atoms with E-state index in [1.807, 2.05) is 6.92 Å². The maximum absolute atomic E-state index is 12.1. The molecule has 0 saturated heterocycles. The summed E-state index contributed by atoms with van der Waals surface area (Å²) < 4.78 is 27.9. The highest BCUT2D eigenvalue weighted by atomic mass is 32.2. The number of carboxylic acid groups (broad SMARTS) is 1. The maximum Gasteiger partial charge on any atom is 0.352 e. The fraction of sp³-hybridized carbons (Fsp3) is 0.583. The molecule has 114 valence electrons. The van der Waals surface area contributed by atoms with Crippen molar-refractivity contribution in [3.05, 3.63) is 18.0 Å². The third-order valence-corrected chi connectivity index (χ3v) is 4.38. The van der Waals surface area contributed by atoms with E-state index in [-0.39, 0.29) is 29.7 Å². The summed E-state index contributed by atoms with van der Waals surface area (Å²) in [6.45, 7) is 4.12. The predicted octanol–water partition coefficient (Wildman–Crippen LogP) is 0.503. The Balaban J connectivity index is 2.90. The van der Waals surface area contributed by atoms with Gasteiger partial charge in [0.15, 0.2) is 0 Å². The summed E-state index contributed by atoms with van der Waals surface area (Å²) in [6.07, 6.45) is 1.81. The number of aryl methyl sites for hydroxylation is 1. The van der Waals surface area contributed by atoms with Gasteiger partial charge in [0.05, 0.1) is 0 Å². The lowest BCUT2D eigenvalue weighted by Crippen LogP contribution is -2.28. The Hall–Kier alpha value is -1.38. The zero-order valence-corrected chi connectivity index (χ0v) is 12.4. The molecule has 8 heteroatoms. The van der Waals surface area contributed by atoms with Crippen LogP contribution >= 0.6 is 0 Å². The van der Waals surface area contributed by atoms with E-state index in [2.05, 4.69) is 4.72 Å². The van der Waals surface area contributed by atoms with Gasteiger partial charge >= 0.3 is 5.97 Å². The number of sulfonamides is 1. The molecule has 0 radical (unpaired) electrons. The number of aliphatic hydroxyl groups excluding tert-OH is 1. The number of carbonyl (C=O) groups is 1. The van der Waals surface area contributed by atoms with Gasteiger partial charge in [-0.1, -0.05) is 6.92 Å². The topological polar surface area (TPSA) is 109 Å². The van der Waals surface area contributed by atoms with Gasteiger partial charge in [0, 0.05) is 25.9 Å². The molecule has 3 N–H and O–H groups in total. The molecule has 1 unspecified atom stereocenters. The normalized spacial score (nSPS) is 13.3. The molecule has 0 bridgehead atoms. The Kier molecular flexibility index (Phi) is 5.73. The quantitative estimate of drug-likeness (QED) is 0.648. The van der Waals surface area contributed by atoms with Gasteiger partial charge in [-0.25, -0.2) is 17.9 Å². The summed E-state index contributed by atoms with van der Waals surface area (Å²) in [5.74, 6) is -1.16. The fourth-order valence-corrected chi connectivity index (χ4v) is 2.93. The summed E-state index contributed by atoms with van der Waals surface area (Å²) in [4.78, 5) is 10.9. The maximum atomic E-state index is 12.1. The highest BCUT2D eigenvalue weighted by Gasteiger charge is 2.21. The van der Waals surface area contributed by atoms with E-state index in [1.165, 1.54) is 10.8 Å². The van der Waals surface area contributed by atoms with Crippen molar-refractivity contribution in [1.82, 2.24) is 9.29 Å². The second-order valence-electron chi connectivity index (χ2n) is 4.62. The minimum atomic E-state index is -3.73. The minimum absolute atomic E-state index is 0.00172. The summed E-state index contributed by atoms with van der Waals surface area (Å²) >= 11 is 0. The third-order valence-electron chi connectivity index (χ3n) is 2.99. The number of rotatable bonds is 8. The second-order valence-corrected chi connectivity index (χ2v) is 6.39. The van der Waals surface area contributed by atoms with Gasteiger partial charge in [0.2, 0.25) is 10.0 Å². The molecular weight excluding hydrogens is 284 g/mol. The Morgan fingerprint density at radius 3 is 2.60 bits per heavy atom. The summed E-state index contributed by atoms with van der Waals surface area (Å²) in [5, 5.41) is 17.8. The molecule has 0 aliphatic carbocycles. The third kappa shape index (κ3) is 4.06. The van der Waals surface area contributed by atoms with Gasteiger partial charge in [-0.2, -0.15) is 0 Å². The first-order chi connectivity index (χ1) is 9.31. The van der Waals surface area contributed by atoms with Crippen molar-refractivity contribution in [2.75, 3.05) is 13.2 Å². The van der Waals surface area contributed by atoms with Gasteiger partial charge in [-0.3, -0.25) is 0 Å². The van der Waals surface area contributed by atoms with Gasteiger partial charge in [-0.05, 0) is 25.3 Å². The largest absolute Gasteiger partial charge is 0.477 e. The van der Waals surface area contributed by atoms with Crippen LogP contribution in [0.5, 0.6) is 0 Å². The number of hydrogen-bond acceptors (Lipinski definition) is 4. The molecular formula is C12H20N2O5S. The van der Waals surface area contributed by atoms with Crippen LogP contribution in [-0.4, -0.2) is 42.3 Å². The van der Waals surface area contributed by atoms with Crippen LogP contribution in [0, 0.1) is 5.92 Å². The summed E-state index contributed by atoms with van der Waals surface area (Å²) in [7, 11) is -3.73. The van der Waals surface area contributed by atoms with Crippen LogP contribution in [0.1, 0.15) is 30.8 Å². The molecule has 1 aromatic heterocycles. The van der Waals surface area contributed by atoms with Crippen molar-refractivity contribution in [2.24, 2.45) is 5.92 Å². The van der Waals surface area contributed by atoms with E-state index in [4.69, 9.17) is 10.2 Å². The van der Waals surface area contributed by atoms with Gasteiger partial charge in [-0.15, -0.1) is 0 Å². The van der Waals surface area contributed by atoms with E-state index >= 15 is 0 Å². The Labute approximate surface area is 118 Å². The average molecular weight is 304 g/mol. The zero-order valence-electron chi connectivity index (χ0n) is 11.5. The minimum Gasteiger partial charge on any atom is -0.477 e. The number of aromatic carboxylic acids is 1. The Bertz CT molecular complexity index is 564. The highest BCUT2D eigenvalue weighted by Crippen LogP contribution is 2.15. The SMILES string of the molecule is CCn1cc(S(=O)(=O)NCC(C)CCO)cc1C(=O)O. The Morgan fingerprint density at radius 2 is 2.15 bits per heavy atom. The van der Waals surface area contributed by atoms with Crippen molar-refractivity contribution in [3.63, 3.8) is 0 Å². The monoisotopic (exact) mass is 304 g/mol. The first kappa shape index (κ1) is 16.7. The fourth-order valence-electron chi connectivity index (χ4n) is 1.73. The predicted molar refractivity (Wildman–Crippen MR) is 73.1 cm³/mol. The van der Waals surface area contributed by atoms with E-state index in [9.17, 15) is 13.2 Å². The smallest absolute Gasteiger partial charge is 0.352 e. The summed E-state index contributed by atoms with van der Waals surface area (Å²) in [5.41, 5.74) is -0.0590. The number of hydrogen-bond donors (Lipinski definition) is 3. The number of carboxylic acids is 1. The van der Waals surface area contributed by atoms with E-state index < -0.39 is 16.0 Å². The first-order valence-corrected chi connectivity index (χ1v) is 7.84. The molecule has 0 saturated carbocycles. The van der Waals surface area contributed by atoms with Gasteiger partial charge in [0.25, 0.3) is 0 Å². The molecule has 0 spiro atoms. The van der Waals surface area contributed by atoms with Crippen molar-refractivity contribution >= 4 is 16.0 Å². The van der Waals surface area contributed by atoms with Crippen molar-refractivity contribution in [2.45, 2.75) is 31.7 Å². The van der Waals surface area contributed by atoms with Crippen molar-refractivity contribution in [1.29, 1.82) is 0 Å². The lowest BCUT2D eigenvalue weighted by atomic mass is 10.1. The second kappa shape index (κ2) is 6.87. The van der Waals surface area contributed by atoms with Gasteiger partial charge < -0.3 is 14.8 Å². The molecule has 7 nitrogen and oxygen atoms in total. The first-order valence-electron chi connectivity index (χ1n) is 6.35. The van der Waals surface area contributed by atoms with Crippen molar-refractivity contribution in [3.8, 4) is 0 Å². The van der Waals surface area contributed by atoms with Crippen LogP contribution in [0.4, 0.5) is 0 Å². The Morgan fingerprint density at radius 1 is 1.50 bits per heavy atom. The number of aliphatic hydroxyl groups is 1. The standard InChI is InChI=1S/C12H20N2O5S/c1-3-14-8-10(6-11(14)12(16)17)20(18,19)13-7-9(2)4-5-15/h6,8-9,13,15H,3-5,7H2,1-2H3,(H,16,17). The van der Waals surface area contributed by atoms with Crippen LogP contribution in [0.3, 0.4) is 0 Å². The molecule has 1 aromatic rings. The van der Waals surface area contributed by atoms with Crippen LogP contribution in [-0.2, 0) is 16.6 Å². The average Bonchev–Trinajstić information content (AvgIpc) is 2.82. The zero-order chi connectivity index (χ0) is 15.3. The highest BCUT2D eigenvalue weighted by molar-refractivity contribution is 7.89. The molecule has 0 aliphatic rings. The lowest BCUT2D eigenvalue weighted by molar-refractivity contribution is 0.0685. The molecule has 1 heterocycles. The number of nitrogens with one attached hydrogen (secondary N) is 1. The van der Waals surface area contributed by atoms with Crippen LogP contribution in [0.25, 0.3) is 0 Å². The molecule has 0 amide bonds. The van der Waals surface area contributed by atoms with E-state index in [0.29, 0.717) is 13.0 Å². The molecule has 1 rings (SSSR count). The number of aromatic nitrogens is 1. The van der Waals surface area contributed by atoms with E-state index in [0.717, 1.165) is 6.07 Å². The van der Waals surface area contributed by atoms with Crippen LogP contribution in [0.2, 0.25) is 0 Å². The lowest BCUT2D eigenvalue weighted by Gasteiger charge is -2.10.